The lowest BCUT2D eigenvalue weighted by molar-refractivity contribution is 0.193. The SMILES string of the molecule is COc1cc(C(C)(C)C)cc(CC(C)O)c1OC. The highest BCUT2D eigenvalue weighted by molar-refractivity contribution is 5.51. The highest BCUT2D eigenvalue weighted by Gasteiger charge is 2.20. The van der Waals surface area contributed by atoms with Gasteiger partial charge in [-0.05, 0) is 24.0 Å². The topological polar surface area (TPSA) is 38.7 Å². The number of ether oxygens (including phenoxy) is 2. The Bertz CT molecular complexity index is 403. The van der Waals surface area contributed by atoms with Crippen molar-refractivity contribution in [2.45, 2.75) is 45.6 Å². The second-order valence-electron chi connectivity index (χ2n) is 5.67. The van der Waals surface area contributed by atoms with Gasteiger partial charge in [-0.1, -0.05) is 26.8 Å². The van der Waals surface area contributed by atoms with Gasteiger partial charge in [-0.2, -0.15) is 0 Å². The van der Waals surface area contributed by atoms with Gasteiger partial charge in [0.25, 0.3) is 0 Å². The molecule has 0 aromatic heterocycles. The summed E-state index contributed by atoms with van der Waals surface area (Å²) in [6, 6.07) is 4.10. The van der Waals surface area contributed by atoms with Crippen molar-refractivity contribution in [3.8, 4) is 11.5 Å². The van der Waals surface area contributed by atoms with E-state index in [2.05, 4.69) is 26.8 Å². The second kappa shape index (κ2) is 5.61. The van der Waals surface area contributed by atoms with Gasteiger partial charge in [-0.3, -0.25) is 0 Å². The monoisotopic (exact) mass is 252 g/mol. The zero-order valence-corrected chi connectivity index (χ0v) is 12.2. The molecule has 0 radical (unpaired) electrons. The van der Waals surface area contributed by atoms with Gasteiger partial charge in [0, 0.05) is 12.0 Å². The van der Waals surface area contributed by atoms with Crippen LogP contribution in [0, 0.1) is 0 Å². The van der Waals surface area contributed by atoms with Crippen LogP contribution in [0.3, 0.4) is 0 Å². The molecule has 1 rings (SSSR count). The molecule has 0 bridgehead atoms. The summed E-state index contributed by atoms with van der Waals surface area (Å²) in [7, 11) is 3.26. The molecule has 18 heavy (non-hydrogen) atoms. The van der Waals surface area contributed by atoms with E-state index in [4.69, 9.17) is 9.47 Å². The first-order chi connectivity index (χ1) is 8.29. The summed E-state index contributed by atoms with van der Waals surface area (Å²) >= 11 is 0. The van der Waals surface area contributed by atoms with E-state index < -0.39 is 6.10 Å². The highest BCUT2D eigenvalue weighted by atomic mass is 16.5. The maximum Gasteiger partial charge on any atom is 0.164 e. The molecule has 0 spiro atoms. The van der Waals surface area contributed by atoms with Crippen LogP contribution in [0.15, 0.2) is 12.1 Å². The average Bonchev–Trinajstić information content (AvgIpc) is 2.25. The number of methoxy groups -OCH3 is 2. The smallest absolute Gasteiger partial charge is 0.164 e. The van der Waals surface area contributed by atoms with Crippen molar-refractivity contribution >= 4 is 0 Å². The number of aliphatic hydroxyl groups excluding tert-OH is 1. The minimum Gasteiger partial charge on any atom is -0.493 e. The van der Waals surface area contributed by atoms with Crippen molar-refractivity contribution in [3.63, 3.8) is 0 Å². The van der Waals surface area contributed by atoms with E-state index in [1.54, 1.807) is 21.1 Å². The molecular formula is C15H24O3. The van der Waals surface area contributed by atoms with Crippen LogP contribution in [0.5, 0.6) is 11.5 Å². The molecule has 0 fully saturated rings. The van der Waals surface area contributed by atoms with Crippen LogP contribution < -0.4 is 9.47 Å². The molecule has 0 saturated carbocycles. The minimum absolute atomic E-state index is 0.0347. The quantitative estimate of drug-likeness (QED) is 0.895. The van der Waals surface area contributed by atoms with Crippen molar-refractivity contribution in [2.24, 2.45) is 0 Å². The van der Waals surface area contributed by atoms with E-state index in [-0.39, 0.29) is 5.41 Å². The Morgan fingerprint density at radius 2 is 1.78 bits per heavy atom. The number of hydrogen-bond acceptors (Lipinski definition) is 3. The Kier molecular flexibility index (Phi) is 4.63. The van der Waals surface area contributed by atoms with Gasteiger partial charge in [0.05, 0.1) is 20.3 Å². The summed E-state index contributed by atoms with van der Waals surface area (Å²) in [4.78, 5) is 0. The first-order valence-corrected chi connectivity index (χ1v) is 6.23. The molecule has 0 aliphatic heterocycles. The predicted molar refractivity (Wildman–Crippen MR) is 73.6 cm³/mol. The van der Waals surface area contributed by atoms with Crippen LogP contribution in [0.4, 0.5) is 0 Å². The molecule has 3 heteroatoms. The summed E-state index contributed by atoms with van der Waals surface area (Å²) in [5.41, 5.74) is 2.19. The summed E-state index contributed by atoms with van der Waals surface area (Å²) in [5.74, 6) is 1.44. The maximum absolute atomic E-state index is 9.59. The third kappa shape index (κ3) is 3.39. The number of aliphatic hydroxyl groups is 1. The van der Waals surface area contributed by atoms with Crippen LogP contribution in [0.25, 0.3) is 0 Å². The molecule has 1 aromatic rings. The largest absolute Gasteiger partial charge is 0.493 e. The average molecular weight is 252 g/mol. The van der Waals surface area contributed by atoms with Crippen LogP contribution in [0.2, 0.25) is 0 Å². The Morgan fingerprint density at radius 3 is 2.17 bits per heavy atom. The van der Waals surface area contributed by atoms with Gasteiger partial charge in [-0.15, -0.1) is 0 Å². The van der Waals surface area contributed by atoms with E-state index in [9.17, 15) is 5.11 Å². The van der Waals surface area contributed by atoms with Gasteiger partial charge >= 0.3 is 0 Å². The Morgan fingerprint density at radius 1 is 1.17 bits per heavy atom. The number of rotatable bonds is 4. The third-order valence-corrected chi connectivity index (χ3v) is 2.94. The lowest BCUT2D eigenvalue weighted by Crippen LogP contribution is -2.14. The maximum atomic E-state index is 9.59. The van der Waals surface area contributed by atoms with Gasteiger partial charge in [-0.25, -0.2) is 0 Å². The summed E-state index contributed by atoms with van der Waals surface area (Å²) in [5, 5.41) is 9.59. The standard InChI is InChI=1S/C15H24O3/c1-10(16)7-11-8-12(15(2,3)4)9-13(17-5)14(11)18-6/h8-10,16H,7H2,1-6H3. The van der Waals surface area contributed by atoms with Crippen molar-refractivity contribution < 1.29 is 14.6 Å². The third-order valence-electron chi connectivity index (χ3n) is 2.94. The molecule has 0 saturated heterocycles. The highest BCUT2D eigenvalue weighted by Crippen LogP contribution is 2.37. The van der Waals surface area contributed by atoms with Crippen LogP contribution in [-0.4, -0.2) is 25.4 Å². The summed E-state index contributed by atoms with van der Waals surface area (Å²) in [6.07, 6.45) is 0.155. The van der Waals surface area contributed by atoms with Gasteiger partial charge in [0.2, 0.25) is 0 Å². The fraction of sp³-hybridized carbons (Fsp3) is 0.600. The van der Waals surface area contributed by atoms with Crippen molar-refractivity contribution in [2.75, 3.05) is 14.2 Å². The molecule has 1 atom stereocenters. The molecule has 0 aliphatic rings. The normalized spacial score (nSPS) is 13.3. The van der Waals surface area contributed by atoms with Crippen molar-refractivity contribution in [3.05, 3.63) is 23.3 Å². The molecule has 1 unspecified atom stereocenters. The van der Waals surface area contributed by atoms with Gasteiger partial charge < -0.3 is 14.6 Å². The predicted octanol–water partition coefficient (Wildman–Crippen LogP) is 2.92. The van der Waals surface area contributed by atoms with Gasteiger partial charge in [0.15, 0.2) is 11.5 Å². The first kappa shape index (κ1) is 14.8. The molecule has 1 aromatic carbocycles. The van der Waals surface area contributed by atoms with E-state index in [0.29, 0.717) is 12.2 Å². The zero-order chi connectivity index (χ0) is 13.9. The Balaban J connectivity index is 3.36. The molecule has 0 heterocycles. The zero-order valence-electron chi connectivity index (χ0n) is 12.2. The van der Waals surface area contributed by atoms with Gasteiger partial charge in [0.1, 0.15) is 0 Å². The lowest BCUT2D eigenvalue weighted by Gasteiger charge is -2.23. The van der Waals surface area contributed by atoms with E-state index in [0.717, 1.165) is 11.3 Å². The second-order valence-corrected chi connectivity index (χ2v) is 5.67. The molecule has 0 amide bonds. The first-order valence-electron chi connectivity index (χ1n) is 6.23. The fourth-order valence-electron chi connectivity index (χ4n) is 1.95. The summed E-state index contributed by atoms with van der Waals surface area (Å²) in [6.45, 7) is 8.23. The van der Waals surface area contributed by atoms with Crippen molar-refractivity contribution in [1.82, 2.24) is 0 Å². The Hall–Kier alpha value is -1.22. The molecule has 102 valence electrons. The van der Waals surface area contributed by atoms with E-state index in [1.807, 2.05) is 6.07 Å². The van der Waals surface area contributed by atoms with E-state index in [1.165, 1.54) is 5.56 Å². The number of hydrogen-bond donors (Lipinski definition) is 1. The number of benzene rings is 1. The van der Waals surface area contributed by atoms with Crippen molar-refractivity contribution in [1.29, 1.82) is 0 Å². The molecular weight excluding hydrogens is 228 g/mol. The van der Waals surface area contributed by atoms with Crippen LogP contribution >= 0.6 is 0 Å². The van der Waals surface area contributed by atoms with Crippen LogP contribution in [-0.2, 0) is 11.8 Å². The minimum atomic E-state index is -0.404. The van der Waals surface area contributed by atoms with Crippen LogP contribution in [0.1, 0.15) is 38.8 Å². The summed E-state index contributed by atoms with van der Waals surface area (Å²) < 4.78 is 10.8. The molecule has 3 nitrogen and oxygen atoms in total. The lowest BCUT2D eigenvalue weighted by atomic mass is 9.85. The molecule has 0 aliphatic carbocycles. The fourth-order valence-corrected chi connectivity index (χ4v) is 1.95. The van der Waals surface area contributed by atoms with E-state index >= 15 is 0 Å². The Labute approximate surface area is 110 Å². The molecule has 1 N–H and O–H groups in total.